The average molecular weight is 331 g/mol. The van der Waals surface area contributed by atoms with E-state index in [9.17, 15) is 4.79 Å². The molecule has 3 nitrogen and oxygen atoms in total. The molecule has 1 amide bonds. The molecule has 1 aliphatic heterocycles. The number of carbonyl (C=O) groups excluding carboxylic acids is 1. The van der Waals surface area contributed by atoms with Crippen LogP contribution in [0.2, 0.25) is 0 Å². The SMILES string of the molecule is CCCOc1ccccc1[C@H]1CC(=O)Nc2c1ccc1ccccc21. The quantitative estimate of drug-likeness (QED) is 0.722. The number of benzene rings is 3. The second kappa shape index (κ2) is 6.60. The van der Waals surface area contributed by atoms with Gasteiger partial charge < -0.3 is 10.1 Å². The maximum atomic E-state index is 12.4. The number of hydrogen-bond acceptors (Lipinski definition) is 2. The van der Waals surface area contributed by atoms with Crippen LogP contribution in [-0.2, 0) is 4.79 Å². The lowest BCUT2D eigenvalue weighted by Gasteiger charge is -2.28. The van der Waals surface area contributed by atoms with Gasteiger partial charge in [0.2, 0.25) is 5.91 Å². The third-order valence-corrected chi connectivity index (χ3v) is 4.75. The molecule has 0 aliphatic carbocycles. The minimum absolute atomic E-state index is 0.0152. The Kier molecular flexibility index (Phi) is 4.14. The van der Waals surface area contributed by atoms with Crippen molar-refractivity contribution < 1.29 is 9.53 Å². The molecule has 0 spiro atoms. The summed E-state index contributed by atoms with van der Waals surface area (Å²) in [6.45, 7) is 2.78. The smallest absolute Gasteiger partial charge is 0.225 e. The summed E-state index contributed by atoms with van der Waals surface area (Å²) in [5, 5.41) is 5.31. The van der Waals surface area contributed by atoms with Crippen LogP contribution in [0, 0.1) is 0 Å². The van der Waals surface area contributed by atoms with Gasteiger partial charge in [-0.05, 0) is 23.4 Å². The van der Waals surface area contributed by atoms with Crippen molar-refractivity contribution in [3.63, 3.8) is 0 Å². The van der Waals surface area contributed by atoms with Crippen molar-refractivity contribution in [2.45, 2.75) is 25.7 Å². The lowest BCUT2D eigenvalue weighted by atomic mass is 9.83. The summed E-state index contributed by atoms with van der Waals surface area (Å²) in [5.41, 5.74) is 3.18. The van der Waals surface area contributed by atoms with E-state index in [-0.39, 0.29) is 11.8 Å². The van der Waals surface area contributed by atoms with Gasteiger partial charge in [-0.2, -0.15) is 0 Å². The maximum absolute atomic E-state index is 12.4. The molecule has 0 fully saturated rings. The molecule has 1 N–H and O–H groups in total. The van der Waals surface area contributed by atoms with Crippen molar-refractivity contribution in [3.05, 3.63) is 71.8 Å². The molecule has 126 valence electrons. The van der Waals surface area contributed by atoms with Crippen molar-refractivity contribution in [1.29, 1.82) is 0 Å². The highest BCUT2D eigenvalue weighted by molar-refractivity contribution is 6.06. The Balaban J connectivity index is 1.86. The zero-order valence-electron chi connectivity index (χ0n) is 14.3. The van der Waals surface area contributed by atoms with Crippen molar-refractivity contribution in [2.75, 3.05) is 11.9 Å². The fourth-order valence-corrected chi connectivity index (χ4v) is 3.59. The highest BCUT2D eigenvalue weighted by Gasteiger charge is 2.29. The van der Waals surface area contributed by atoms with Gasteiger partial charge in [-0.1, -0.05) is 61.5 Å². The maximum Gasteiger partial charge on any atom is 0.225 e. The molecule has 0 radical (unpaired) electrons. The second-order valence-electron chi connectivity index (χ2n) is 6.44. The predicted octanol–water partition coefficient (Wildman–Crippen LogP) is 5.10. The van der Waals surface area contributed by atoms with E-state index in [0.29, 0.717) is 13.0 Å². The van der Waals surface area contributed by atoms with Crippen LogP contribution in [0.15, 0.2) is 60.7 Å². The predicted molar refractivity (Wildman–Crippen MR) is 101 cm³/mol. The largest absolute Gasteiger partial charge is 0.493 e. The van der Waals surface area contributed by atoms with Gasteiger partial charge >= 0.3 is 0 Å². The molecule has 1 aliphatic rings. The number of anilines is 1. The number of hydrogen-bond donors (Lipinski definition) is 1. The van der Waals surface area contributed by atoms with Gasteiger partial charge in [0.25, 0.3) is 0 Å². The van der Waals surface area contributed by atoms with Crippen LogP contribution in [-0.4, -0.2) is 12.5 Å². The van der Waals surface area contributed by atoms with E-state index in [1.54, 1.807) is 0 Å². The lowest BCUT2D eigenvalue weighted by molar-refractivity contribution is -0.116. The number of carbonyl (C=O) groups is 1. The summed E-state index contributed by atoms with van der Waals surface area (Å²) >= 11 is 0. The van der Waals surface area contributed by atoms with Crippen LogP contribution in [0.3, 0.4) is 0 Å². The van der Waals surface area contributed by atoms with Gasteiger partial charge in [-0.15, -0.1) is 0 Å². The van der Waals surface area contributed by atoms with E-state index in [1.165, 1.54) is 0 Å². The number of fused-ring (bicyclic) bond motifs is 3. The first-order chi connectivity index (χ1) is 12.3. The molecular weight excluding hydrogens is 310 g/mol. The van der Waals surface area contributed by atoms with Gasteiger partial charge in [0, 0.05) is 23.3 Å². The molecule has 4 rings (SSSR count). The van der Waals surface area contributed by atoms with Crippen molar-refractivity contribution in [1.82, 2.24) is 0 Å². The topological polar surface area (TPSA) is 38.3 Å². The van der Waals surface area contributed by atoms with Gasteiger partial charge in [0.15, 0.2) is 0 Å². The Morgan fingerprint density at radius 3 is 2.68 bits per heavy atom. The van der Waals surface area contributed by atoms with E-state index < -0.39 is 0 Å². The highest BCUT2D eigenvalue weighted by Crippen LogP contribution is 2.43. The third kappa shape index (κ3) is 2.86. The zero-order valence-corrected chi connectivity index (χ0v) is 14.3. The summed E-state index contributed by atoms with van der Waals surface area (Å²) in [4.78, 5) is 12.4. The van der Waals surface area contributed by atoms with Crippen LogP contribution < -0.4 is 10.1 Å². The molecule has 25 heavy (non-hydrogen) atoms. The number of para-hydroxylation sites is 1. The molecule has 3 aromatic rings. The monoisotopic (exact) mass is 331 g/mol. The molecule has 3 heteroatoms. The van der Waals surface area contributed by atoms with Gasteiger partial charge in [0.05, 0.1) is 12.3 Å². The summed E-state index contributed by atoms with van der Waals surface area (Å²) in [6.07, 6.45) is 1.40. The third-order valence-electron chi connectivity index (χ3n) is 4.75. The molecule has 0 unspecified atom stereocenters. The Morgan fingerprint density at radius 2 is 1.80 bits per heavy atom. The van der Waals surface area contributed by atoms with Crippen LogP contribution in [0.5, 0.6) is 5.75 Å². The van der Waals surface area contributed by atoms with Crippen molar-refractivity contribution >= 4 is 22.4 Å². The summed E-state index contributed by atoms with van der Waals surface area (Å²) in [7, 11) is 0. The minimum atomic E-state index is 0.0152. The first-order valence-corrected chi connectivity index (χ1v) is 8.81. The molecule has 1 heterocycles. The molecule has 3 aromatic carbocycles. The number of ether oxygens (including phenoxy) is 1. The number of nitrogens with one attached hydrogen (secondary N) is 1. The Labute approximate surface area is 147 Å². The van der Waals surface area contributed by atoms with Gasteiger partial charge in [-0.3, -0.25) is 4.79 Å². The fraction of sp³-hybridized carbons (Fsp3) is 0.227. The molecule has 1 atom stereocenters. The molecule has 0 saturated carbocycles. The average Bonchev–Trinajstić information content (AvgIpc) is 2.66. The van der Waals surface area contributed by atoms with Crippen LogP contribution in [0.25, 0.3) is 10.8 Å². The number of rotatable bonds is 4. The lowest BCUT2D eigenvalue weighted by Crippen LogP contribution is -2.24. The Hall–Kier alpha value is -2.81. The normalized spacial score (nSPS) is 16.4. The molecular formula is C22H21NO2. The standard InChI is InChI=1S/C22H21NO2/c1-2-13-25-20-10-6-5-9-17(20)19-14-21(24)23-22-16-8-4-3-7-15(16)11-12-18(19)22/h3-12,19H,2,13-14H2,1H3,(H,23,24)/t19-/m1/s1. The number of amides is 1. The Bertz CT molecular complexity index is 932. The fourth-order valence-electron chi connectivity index (χ4n) is 3.59. The Morgan fingerprint density at radius 1 is 1.00 bits per heavy atom. The summed E-state index contributed by atoms with van der Waals surface area (Å²) in [5.74, 6) is 0.948. The van der Waals surface area contributed by atoms with Crippen LogP contribution >= 0.6 is 0 Å². The minimum Gasteiger partial charge on any atom is -0.493 e. The van der Waals surface area contributed by atoms with Gasteiger partial charge in [0.1, 0.15) is 5.75 Å². The van der Waals surface area contributed by atoms with E-state index >= 15 is 0 Å². The summed E-state index contributed by atoms with van der Waals surface area (Å²) in [6, 6.07) is 20.5. The highest BCUT2D eigenvalue weighted by atomic mass is 16.5. The van der Waals surface area contributed by atoms with E-state index in [0.717, 1.165) is 39.8 Å². The van der Waals surface area contributed by atoms with Crippen LogP contribution in [0.1, 0.15) is 36.8 Å². The van der Waals surface area contributed by atoms with Crippen molar-refractivity contribution in [3.8, 4) is 5.75 Å². The van der Waals surface area contributed by atoms with E-state index in [2.05, 4.69) is 42.6 Å². The van der Waals surface area contributed by atoms with Crippen LogP contribution in [0.4, 0.5) is 5.69 Å². The first kappa shape index (κ1) is 15.7. The van der Waals surface area contributed by atoms with Crippen molar-refractivity contribution in [2.24, 2.45) is 0 Å². The second-order valence-corrected chi connectivity index (χ2v) is 6.44. The van der Waals surface area contributed by atoms with E-state index in [4.69, 9.17) is 4.74 Å². The first-order valence-electron chi connectivity index (χ1n) is 8.81. The summed E-state index contributed by atoms with van der Waals surface area (Å²) < 4.78 is 5.95. The molecule has 0 aromatic heterocycles. The molecule has 0 saturated heterocycles. The van der Waals surface area contributed by atoms with E-state index in [1.807, 2.05) is 30.3 Å². The zero-order chi connectivity index (χ0) is 17.2. The molecule has 0 bridgehead atoms. The van der Waals surface area contributed by atoms with Gasteiger partial charge in [-0.25, -0.2) is 0 Å².